The zero-order valence-corrected chi connectivity index (χ0v) is 37.8. The third kappa shape index (κ3) is 6.00. The van der Waals surface area contributed by atoms with Gasteiger partial charge in [0.1, 0.15) is 0 Å². The Morgan fingerprint density at radius 2 is 0.955 bits per heavy atom. The summed E-state index contributed by atoms with van der Waals surface area (Å²) in [5, 5.41) is 15.1. The molecule has 1 nitrogen and oxygen atoms in total. The van der Waals surface area contributed by atoms with Crippen LogP contribution in [0.5, 0.6) is 0 Å². The molecule has 0 aliphatic rings. The fourth-order valence-electron chi connectivity index (χ4n) is 11.1. The van der Waals surface area contributed by atoms with Gasteiger partial charge >= 0.3 is 0 Å². The lowest BCUT2D eigenvalue weighted by Crippen LogP contribution is -1.93. The molecular formula is C65H43NS. The highest BCUT2D eigenvalue weighted by Crippen LogP contribution is 2.49. The van der Waals surface area contributed by atoms with E-state index in [9.17, 15) is 0 Å². The van der Waals surface area contributed by atoms with E-state index in [1.807, 2.05) is 17.4 Å². The molecule has 0 aliphatic heterocycles. The highest BCUT2D eigenvalue weighted by Gasteiger charge is 2.23. The molecule has 2 heteroatoms. The minimum absolute atomic E-state index is 1.12. The van der Waals surface area contributed by atoms with Gasteiger partial charge in [0.25, 0.3) is 0 Å². The Balaban J connectivity index is 1.01. The molecule has 13 rings (SSSR count). The van der Waals surface area contributed by atoms with Crippen LogP contribution in [0.1, 0.15) is 12.5 Å². The Hall–Kier alpha value is -8.30. The van der Waals surface area contributed by atoms with Crippen molar-refractivity contribution in [3.8, 4) is 39.1 Å². The summed E-state index contributed by atoms with van der Waals surface area (Å²) in [5.74, 6) is 0. The van der Waals surface area contributed by atoms with E-state index in [4.69, 9.17) is 0 Å². The lowest BCUT2D eigenvalue weighted by atomic mass is 9.84. The molecule has 2 aromatic heterocycles. The smallest absolute Gasteiger partial charge is 0.0547 e. The van der Waals surface area contributed by atoms with E-state index in [0.717, 1.165) is 11.3 Å². The van der Waals surface area contributed by atoms with Gasteiger partial charge in [0.05, 0.1) is 11.0 Å². The van der Waals surface area contributed by atoms with E-state index in [1.54, 1.807) is 0 Å². The van der Waals surface area contributed by atoms with Crippen LogP contribution in [0.4, 0.5) is 0 Å². The van der Waals surface area contributed by atoms with Crippen molar-refractivity contribution in [3.05, 3.63) is 243 Å². The molecule has 0 N–H and O–H groups in total. The van der Waals surface area contributed by atoms with Gasteiger partial charge in [0.15, 0.2) is 0 Å². The maximum Gasteiger partial charge on any atom is 0.0547 e. The number of nitrogens with zero attached hydrogens (tertiary/aromatic N) is 1. The summed E-state index contributed by atoms with van der Waals surface area (Å²) in [4.78, 5) is 0. The summed E-state index contributed by atoms with van der Waals surface area (Å²) in [5.41, 5.74) is 13.4. The van der Waals surface area contributed by atoms with Gasteiger partial charge < -0.3 is 4.57 Å². The standard InChI is InChI=1S/C65H43NS/c1-3-5-20-41(4-2)61-46-23-9-11-25-48(46)62(49-26-12-10-24-47(49)61)42-36-38-59-56(39-42)45-37-35-43(40-60(45)67-59)63-50-27-13-15-29-52(50)64(53-30-16-14-28-51(53)63)55-32-19-34-58-65(55)54-31-17-18-33-57(54)66(58)44-21-7-6-8-22-44/h3-40H,2H2,1H3/b5-3-,41-20+. The second-order valence-corrected chi connectivity index (χ2v) is 18.5. The first-order valence-corrected chi connectivity index (χ1v) is 23.9. The molecule has 0 bridgehead atoms. The molecule has 0 aliphatic carbocycles. The molecule has 0 fully saturated rings. The Kier molecular flexibility index (Phi) is 9.16. The third-order valence-corrected chi connectivity index (χ3v) is 15.0. The molecule has 13 aromatic rings. The number of fused-ring (bicyclic) bond motifs is 10. The van der Waals surface area contributed by atoms with Crippen LogP contribution in [0.25, 0.3) is 130 Å². The average molecular weight is 870 g/mol. The second-order valence-electron chi connectivity index (χ2n) is 17.4. The molecule has 11 aromatic carbocycles. The maximum absolute atomic E-state index is 4.24. The normalized spacial score (nSPS) is 12.3. The van der Waals surface area contributed by atoms with Gasteiger partial charge in [-0.15, -0.1) is 11.3 Å². The van der Waals surface area contributed by atoms with Crippen molar-refractivity contribution in [2.75, 3.05) is 0 Å². The monoisotopic (exact) mass is 869 g/mol. The molecule has 0 spiro atoms. The lowest BCUT2D eigenvalue weighted by Gasteiger charge is -2.18. The van der Waals surface area contributed by atoms with Gasteiger partial charge in [-0.3, -0.25) is 0 Å². The number of allylic oxidation sites excluding steroid dienone is 5. The Labute approximate surface area is 393 Å². The number of benzene rings is 11. The van der Waals surface area contributed by atoms with E-state index in [0.29, 0.717) is 0 Å². The van der Waals surface area contributed by atoms with Crippen LogP contribution >= 0.6 is 11.3 Å². The van der Waals surface area contributed by atoms with Crippen molar-refractivity contribution >= 4 is 102 Å². The van der Waals surface area contributed by atoms with Crippen LogP contribution < -0.4 is 0 Å². The molecule has 0 radical (unpaired) electrons. The van der Waals surface area contributed by atoms with Gasteiger partial charge in [-0.05, 0) is 137 Å². The van der Waals surface area contributed by atoms with E-state index in [2.05, 4.69) is 243 Å². The van der Waals surface area contributed by atoms with Crippen molar-refractivity contribution < 1.29 is 0 Å². The lowest BCUT2D eigenvalue weighted by molar-refractivity contribution is 1.18. The van der Waals surface area contributed by atoms with Gasteiger partial charge in [-0.2, -0.15) is 0 Å². The summed E-state index contributed by atoms with van der Waals surface area (Å²) in [6.45, 7) is 6.29. The van der Waals surface area contributed by atoms with Crippen LogP contribution in [0.3, 0.4) is 0 Å². The van der Waals surface area contributed by atoms with Crippen molar-refractivity contribution in [1.29, 1.82) is 0 Å². The van der Waals surface area contributed by atoms with Crippen LogP contribution in [0, 0.1) is 0 Å². The zero-order valence-electron chi connectivity index (χ0n) is 37.0. The first-order valence-electron chi connectivity index (χ1n) is 23.1. The summed E-state index contributed by atoms with van der Waals surface area (Å²) < 4.78 is 4.99. The summed E-state index contributed by atoms with van der Waals surface area (Å²) in [7, 11) is 0. The topological polar surface area (TPSA) is 4.93 Å². The van der Waals surface area contributed by atoms with E-state index < -0.39 is 0 Å². The van der Waals surface area contributed by atoms with Crippen molar-refractivity contribution in [3.63, 3.8) is 0 Å². The quantitative estimate of drug-likeness (QED) is 0.111. The predicted molar refractivity (Wildman–Crippen MR) is 293 cm³/mol. The predicted octanol–water partition coefficient (Wildman–Crippen LogP) is 18.9. The van der Waals surface area contributed by atoms with Crippen LogP contribution in [-0.2, 0) is 0 Å². The molecule has 0 saturated carbocycles. The highest BCUT2D eigenvalue weighted by atomic mass is 32.1. The number of hydrogen-bond donors (Lipinski definition) is 0. The Morgan fingerprint density at radius 1 is 0.433 bits per heavy atom. The van der Waals surface area contributed by atoms with Crippen LogP contribution in [-0.4, -0.2) is 4.57 Å². The maximum atomic E-state index is 4.24. The summed E-state index contributed by atoms with van der Waals surface area (Å²) >= 11 is 1.89. The number of para-hydroxylation sites is 2. The van der Waals surface area contributed by atoms with E-state index in [1.165, 1.54) is 124 Å². The second kappa shape index (κ2) is 15.7. The summed E-state index contributed by atoms with van der Waals surface area (Å²) in [6.07, 6.45) is 8.33. The molecule has 314 valence electrons. The minimum atomic E-state index is 1.12. The van der Waals surface area contributed by atoms with E-state index >= 15 is 0 Å². The van der Waals surface area contributed by atoms with E-state index in [-0.39, 0.29) is 0 Å². The molecule has 2 heterocycles. The molecule has 0 saturated heterocycles. The fourth-order valence-corrected chi connectivity index (χ4v) is 12.2. The summed E-state index contributed by atoms with van der Waals surface area (Å²) in [6, 6.07) is 76.5. The van der Waals surface area contributed by atoms with Crippen LogP contribution in [0.2, 0.25) is 0 Å². The largest absolute Gasteiger partial charge is 0.309 e. The van der Waals surface area contributed by atoms with Gasteiger partial charge in [-0.25, -0.2) is 0 Å². The third-order valence-electron chi connectivity index (χ3n) is 13.9. The SMILES string of the molecule is C=C/C(=C\C=C/C)c1c2ccccc2c(-c2ccc3sc4cc(-c5c6ccccc6c(-c6cccc7c6c6ccccc6n7-c6ccccc6)c6ccccc56)ccc4c3c2)c2ccccc12. The number of hydrogen-bond acceptors (Lipinski definition) is 1. The number of aromatic nitrogens is 1. The number of thiophene rings is 1. The first kappa shape index (κ1) is 39.1. The van der Waals surface area contributed by atoms with Crippen LogP contribution in [0.15, 0.2) is 237 Å². The van der Waals surface area contributed by atoms with Gasteiger partial charge in [0.2, 0.25) is 0 Å². The van der Waals surface area contributed by atoms with Gasteiger partial charge in [0, 0.05) is 36.6 Å². The fraction of sp³-hybridized carbons (Fsp3) is 0.0154. The number of rotatable bonds is 7. The van der Waals surface area contributed by atoms with Crippen molar-refractivity contribution in [1.82, 2.24) is 4.57 Å². The molecule has 67 heavy (non-hydrogen) atoms. The van der Waals surface area contributed by atoms with Crippen molar-refractivity contribution in [2.24, 2.45) is 0 Å². The molecule has 0 atom stereocenters. The van der Waals surface area contributed by atoms with Gasteiger partial charge in [-0.1, -0.05) is 195 Å². The molecule has 0 amide bonds. The Morgan fingerprint density at radius 3 is 1.58 bits per heavy atom. The molecular weight excluding hydrogens is 827 g/mol. The molecule has 0 unspecified atom stereocenters. The average Bonchev–Trinajstić information content (AvgIpc) is 3.93. The first-order chi connectivity index (χ1) is 33.2. The van der Waals surface area contributed by atoms with Crippen molar-refractivity contribution in [2.45, 2.75) is 6.92 Å². The highest BCUT2D eigenvalue weighted by molar-refractivity contribution is 7.25. The Bertz CT molecular complexity index is 4120. The zero-order chi connectivity index (χ0) is 44.6. The minimum Gasteiger partial charge on any atom is -0.309 e.